The minimum atomic E-state index is -0.336. The lowest BCUT2D eigenvalue weighted by Gasteiger charge is -2.45. The molecular weight excluding hydrogens is 382 g/mol. The van der Waals surface area contributed by atoms with Crippen LogP contribution in [0.15, 0.2) is 36.9 Å². The van der Waals surface area contributed by atoms with Crippen molar-refractivity contribution >= 4 is 11.3 Å². The van der Waals surface area contributed by atoms with Crippen molar-refractivity contribution in [3.8, 4) is 28.7 Å². The molecule has 0 radical (unpaired) electrons. The average Bonchev–Trinajstić information content (AvgIpc) is 3.44. The number of ether oxygens (including phenoxy) is 1. The van der Waals surface area contributed by atoms with Crippen LogP contribution in [0.5, 0.6) is 0 Å². The van der Waals surface area contributed by atoms with Gasteiger partial charge in [-0.05, 0) is 18.9 Å². The Bertz CT molecular complexity index is 1250. The first kappa shape index (κ1) is 18.3. The Morgan fingerprint density at radius 3 is 2.83 bits per heavy atom. The molecule has 1 aliphatic rings. The van der Waals surface area contributed by atoms with Crippen molar-refractivity contribution in [2.75, 3.05) is 12.8 Å². The Morgan fingerprint density at radius 2 is 2.13 bits per heavy atom. The Kier molecular flexibility index (Phi) is 4.08. The lowest BCUT2D eigenvalue weighted by molar-refractivity contribution is -0.0542. The first-order valence-corrected chi connectivity index (χ1v) is 9.62. The second-order valence-electron chi connectivity index (χ2n) is 7.71. The highest BCUT2D eigenvalue weighted by Crippen LogP contribution is 2.43. The van der Waals surface area contributed by atoms with Gasteiger partial charge in [0.15, 0.2) is 0 Å². The molecule has 0 bridgehead atoms. The van der Waals surface area contributed by atoms with Crippen LogP contribution in [-0.2, 0) is 17.3 Å². The Morgan fingerprint density at radius 1 is 1.30 bits per heavy atom. The van der Waals surface area contributed by atoms with Crippen molar-refractivity contribution in [2.24, 2.45) is 7.05 Å². The molecule has 0 saturated heterocycles. The summed E-state index contributed by atoms with van der Waals surface area (Å²) in [4.78, 5) is 4.85. The first-order valence-electron chi connectivity index (χ1n) is 9.62. The zero-order valence-corrected chi connectivity index (χ0v) is 16.7. The number of nitrogen functional groups attached to an aromatic ring is 1. The van der Waals surface area contributed by atoms with Crippen molar-refractivity contribution in [3.05, 3.63) is 36.9 Å². The van der Waals surface area contributed by atoms with Crippen LogP contribution in [0.3, 0.4) is 0 Å². The van der Waals surface area contributed by atoms with E-state index in [1.807, 2.05) is 23.1 Å². The fourth-order valence-electron chi connectivity index (χ4n) is 4.09. The minimum Gasteiger partial charge on any atom is -0.384 e. The Balaban J connectivity index is 1.59. The highest BCUT2D eigenvalue weighted by molar-refractivity contribution is 5.78. The van der Waals surface area contributed by atoms with E-state index >= 15 is 0 Å². The summed E-state index contributed by atoms with van der Waals surface area (Å²) in [5.41, 5.74) is 9.40. The summed E-state index contributed by atoms with van der Waals surface area (Å²) in [5.74, 6) is 0.554. The fraction of sp³-hybridized carbons (Fsp3) is 0.350. The normalized spacial score (nSPS) is 20.9. The number of hydrogen-bond donors (Lipinski definition) is 1. The number of aryl methyl sites for hydroxylation is 1. The molecule has 10 heteroatoms. The van der Waals surface area contributed by atoms with Crippen LogP contribution >= 0.6 is 0 Å². The molecule has 0 spiro atoms. The molecule has 4 heterocycles. The SMILES string of the molecule is COC1CC(CC#N)(n2cc(-c3nc(-c4cc(N)n(C)n4)cn4nccc34)cn2)C1. The van der Waals surface area contributed by atoms with Crippen LogP contribution in [0.25, 0.3) is 28.2 Å². The monoisotopic (exact) mass is 403 g/mol. The quantitative estimate of drug-likeness (QED) is 0.540. The van der Waals surface area contributed by atoms with Gasteiger partial charge in [-0.1, -0.05) is 0 Å². The predicted octanol–water partition coefficient (Wildman–Crippen LogP) is 1.99. The van der Waals surface area contributed by atoms with Gasteiger partial charge in [0.05, 0.1) is 53.9 Å². The molecule has 0 unspecified atom stereocenters. The van der Waals surface area contributed by atoms with Crippen molar-refractivity contribution in [1.82, 2.24) is 34.2 Å². The number of hydrogen-bond acceptors (Lipinski definition) is 7. The number of nitrogens with zero attached hydrogens (tertiary/aromatic N) is 8. The number of fused-ring (bicyclic) bond motifs is 1. The summed E-state index contributed by atoms with van der Waals surface area (Å²) < 4.78 is 10.7. The summed E-state index contributed by atoms with van der Waals surface area (Å²) in [6.07, 6.45) is 9.37. The summed E-state index contributed by atoms with van der Waals surface area (Å²) in [6, 6.07) is 5.99. The summed E-state index contributed by atoms with van der Waals surface area (Å²) in [7, 11) is 3.49. The smallest absolute Gasteiger partial charge is 0.122 e. The number of methoxy groups -OCH3 is 1. The Hall–Kier alpha value is -3.71. The molecule has 2 N–H and O–H groups in total. The number of aromatic nitrogens is 7. The van der Waals surface area contributed by atoms with E-state index in [1.165, 1.54) is 0 Å². The van der Waals surface area contributed by atoms with Gasteiger partial charge >= 0.3 is 0 Å². The van der Waals surface area contributed by atoms with Gasteiger partial charge in [0, 0.05) is 32.0 Å². The lowest BCUT2D eigenvalue weighted by atomic mass is 9.72. The van der Waals surface area contributed by atoms with Gasteiger partial charge in [0.2, 0.25) is 0 Å². The summed E-state index contributed by atoms with van der Waals surface area (Å²) in [5, 5.41) is 22.7. The van der Waals surface area contributed by atoms with Gasteiger partial charge in [-0.15, -0.1) is 0 Å². The van der Waals surface area contributed by atoms with E-state index in [1.54, 1.807) is 41.8 Å². The fourth-order valence-corrected chi connectivity index (χ4v) is 4.09. The molecule has 1 saturated carbocycles. The minimum absolute atomic E-state index is 0.156. The molecule has 0 atom stereocenters. The number of nitriles is 1. The first-order chi connectivity index (χ1) is 14.5. The number of nitrogens with two attached hydrogens (primary N) is 1. The summed E-state index contributed by atoms with van der Waals surface area (Å²) in [6.45, 7) is 0. The van der Waals surface area contributed by atoms with Crippen molar-refractivity contribution in [2.45, 2.75) is 30.9 Å². The zero-order valence-electron chi connectivity index (χ0n) is 16.7. The molecule has 30 heavy (non-hydrogen) atoms. The molecular formula is C20H21N9O. The van der Waals surface area contributed by atoms with E-state index < -0.39 is 0 Å². The van der Waals surface area contributed by atoms with Gasteiger partial charge in [-0.2, -0.15) is 20.6 Å². The maximum absolute atomic E-state index is 9.34. The molecule has 1 aliphatic carbocycles. The van der Waals surface area contributed by atoms with Crippen LogP contribution < -0.4 is 5.73 Å². The average molecular weight is 403 g/mol. The van der Waals surface area contributed by atoms with E-state index in [-0.39, 0.29) is 11.6 Å². The van der Waals surface area contributed by atoms with Crippen LogP contribution in [-0.4, -0.2) is 47.4 Å². The van der Waals surface area contributed by atoms with Gasteiger partial charge in [0.1, 0.15) is 17.2 Å². The van der Waals surface area contributed by atoms with Crippen molar-refractivity contribution in [3.63, 3.8) is 0 Å². The third kappa shape index (κ3) is 2.74. The Labute approximate surface area is 172 Å². The molecule has 5 rings (SSSR count). The van der Waals surface area contributed by atoms with Crippen LogP contribution in [0.2, 0.25) is 0 Å². The maximum atomic E-state index is 9.34. The van der Waals surface area contributed by atoms with Gasteiger partial charge in [-0.3, -0.25) is 9.36 Å². The molecule has 10 nitrogen and oxygen atoms in total. The molecule has 152 valence electrons. The van der Waals surface area contributed by atoms with Crippen LogP contribution in [0.4, 0.5) is 5.82 Å². The zero-order chi connectivity index (χ0) is 20.9. The second kappa shape index (κ2) is 6.67. The molecule has 4 aromatic heterocycles. The van der Waals surface area contributed by atoms with E-state index in [4.69, 9.17) is 15.5 Å². The van der Waals surface area contributed by atoms with E-state index in [2.05, 4.69) is 21.4 Å². The topological polar surface area (TPSA) is 125 Å². The number of rotatable bonds is 5. The second-order valence-corrected chi connectivity index (χ2v) is 7.71. The molecule has 0 aliphatic heterocycles. The maximum Gasteiger partial charge on any atom is 0.122 e. The molecule has 0 aromatic carbocycles. The van der Waals surface area contributed by atoms with E-state index in [9.17, 15) is 5.26 Å². The lowest BCUT2D eigenvalue weighted by Crippen LogP contribution is -2.50. The van der Waals surface area contributed by atoms with Crippen molar-refractivity contribution in [1.29, 1.82) is 5.26 Å². The predicted molar refractivity (Wildman–Crippen MR) is 109 cm³/mol. The van der Waals surface area contributed by atoms with Crippen molar-refractivity contribution < 1.29 is 4.74 Å². The molecule has 0 amide bonds. The standard InChI is InChI=1S/C20H21N9O/c1-27-18(22)7-15(26-27)16-12-28-17(3-6-23-28)19(25-16)13-10-24-29(11-13)20(4-5-21)8-14(9-20)30-2/h3,6-7,10-12,14H,4,8-9,22H2,1-2H3. The molecule has 1 fully saturated rings. The summed E-state index contributed by atoms with van der Waals surface area (Å²) >= 11 is 0. The third-order valence-electron chi connectivity index (χ3n) is 5.87. The highest BCUT2D eigenvalue weighted by Gasteiger charge is 2.47. The highest BCUT2D eigenvalue weighted by atomic mass is 16.5. The third-order valence-corrected chi connectivity index (χ3v) is 5.87. The van der Waals surface area contributed by atoms with E-state index in [0.717, 1.165) is 29.6 Å². The van der Waals surface area contributed by atoms with Gasteiger partial charge < -0.3 is 10.5 Å². The number of anilines is 1. The van der Waals surface area contributed by atoms with Crippen LogP contribution in [0, 0.1) is 11.3 Å². The largest absolute Gasteiger partial charge is 0.384 e. The van der Waals surface area contributed by atoms with Gasteiger partial charge in [-0.25, -0.2) is 9.50 Å². The van der Waals surface area contributed by atoms with E-state index in [0.29, 0.717) is 23.6 Å². The molecule has 4 aromatic rings. The van der Waals surface area contributed by atoms with Gasteiger partial charge in [0.25, 0.3) is 0 Å². The van der Waals surface area contributed by atoms with Crippen LogP contribution in [0.1, 0.15) is 19.3 Å².